The van der Waals surface area contributed by atoms with Crippen molar-refractivity contribution in [1.82, 2.24) is 0 Å². The van der Waals surface area contributed by atoms with Gasteiger partial charge in [0, 0.05) is 0 Å². The van der Waals surface area contributed by atoms with Crippen LogP contribution in [-0.2, 0) is 14.5 Å². The molecule has 0 fully saturated rings. The van der Waals surface area contributed by atoms with E-state index in [2.05, 4.69) is 17.5 Å². The molecule has 0 rings (SSSR count). The predicted molar refractivity (Wildman–Crippen MR) is 44.7 cm³/mol. The molecule has 0 saturated heterocycles. The fourth-order valence-electron chi connectivity index (χ4n) is 0.175. The monoisotopic (exact) mass is 204 g/mol. The van der Waals surface area contributed by atoms with Crippen LogP contribution in [0.2, 0.25) is 0 Å². The molecule has 68 valence electrons. The molecule has 0 aliphatic carbocycles. The molecular formula is C6H13NaO4S. The van der Waals surface area contributed by atoms with Crippen LogP contribution in [0.3, 0.4) is 0 Å². The van der Waals surface area contributed by atoms with Gasteiger partial charge in [-0.1, -0.05) is 12.2 Å². The Morgan fingerprint density at radius 2 is 1.92 bits per heavy atom. The van der Waals surface area contributed by atoms with Gasteiger partial charge in [-0.25, -0.2) is 5.26 Å². The van der Waals surface area contributed by atoms with Gasteiger partial charge in [0.2, 0.25) is 0 Å². The average Bonchev–Trinajstić information content (AvgIpc) is 1.90. The molecule has 0 saturated carbocycles. The molecule has 0 unspecified atom stereocenters. The Morgan fingerprint density at radius 3 is 2.00 bits per heavy atom. The quantitative estimate of drug-likeness (QED) is 0.258. The van der Waals surface area contributed by atoms with Crippen molar-refractivity contribution in [2.24, 2.45) is 0 Å². The molecule has 12 heavy (non-hydrogen) atoms. The van der Waals surface area contributed by atoms with E-state index in [9.17, 15) is 8.42 Å². The van der Waals surface area contributed by atoms with E-state index in [-0.39, 0.29) is 36.7 Å². The molecular weight excluding hydrogens is 191 g/mol. The van der Waals surface area contributed by atoms with E-state index in [1.165, 1.54) is 0 Å². The number of allylic oxidation sites excluding steroid dienone is 1. The van der Waals surface area contributed by atoms with Gasteiger partial charge in [0.05, 0.1) is 5.75 Å². The van der Waals surface area contributed by atoms with Crippen LogP contribution in [0.25, 0.3) is 0 Å². The zero-order valence-electron chi connectivity index (χ0n) is 8.36. The van der Waals surface area contributed by atoms with Crippen LogP contribution in [0.15, 0.2) is 25.3 Å². The summed E-state index contributed by atoms with van der Waals surface area (Å²) in [6.07, 6.45) is 2.87. The standard InChI is InChI=1S/C3H6O4S.C3H6.Na.H/c1-2-3-8(5,6)7-4;1-3-2;;/h2,4H,1,3H2;3H,1H2,2H3;;/q;;+1;-1. The summed E-state index contributed by atoms with van der Waals surface area (Å²) in [5.41, 5.74) is 0. The fourth-order valence-corrected chi connectivity index (χ4v) is 0.524. The second-order valence-electron chi connectivity index (χ2n) is 1.50. The van der Waals surface area contributed by atoms with Crippen LogP contribution in [0.4, 0.5) is 0 Å². The number of hydrogen-bond donors (Lipinski definition) is 1. The number of rotatable bonds is 3. The third-order valence-corrected chi connectivity index (χ3v) is 1.31. The second kappa shape index (κ2) is 11.4. The van der Waals surface area contributed by atoms with Crippen molar-refractivity contribution < 1.29 is 49.0 Å². The first-order valence-corrected chi connectivity index (χ1v) is 4.35. The van der Waals surface area contributed by atoms with E-state index in [1.54, 1.807) is 6.08 Å². The molecule has 4 nitrogen and oxygen atoms in total. The van der Waals surface area contributed by atoms with Gasteiger partial charge in [-0.05, 0) is 6.92 Å². The van der Waals surface area contributed by atoms with Crippen molar-refractivity contribution in [1.29, 1.82) is 0 Å². The van der Waals surface area contributed by atoms with Gasteiger partial charge in [-0.2, -0.15) is 8.42 Å². The molecule has 0 aromatic heterocycles. The maximum Gasteiger partial charge on any atom is 1.00 e. The van der Waals surface area contributed by atoms with E-state index in [0.717, 1.165) is 6.08 Å². The van der Waals surface area contributed by atoms with Gasteiger partial charge < -0.3 is 1.43 Å². The van der Waals surface area contributed by atoms with Crippen molar-refractivity contribution in [2.75, 3.05) is 5.75 Å². The third-order valence-electron chi connectivity index (χ3n) is 0.436. The van der Waals surface area contributed by atoms with Gasteiger partial charge in [0.1, 0.15) is 0 Å². The minimum atomic E-state index is -3.73. The summed E-state index contributed by atoms with van der Waals surface area (Å²) < 4.78 is 23.2. The first-order valence-electron chi connectivity index (χ1n) is 2.77. The molecule has 6 heteroatoms. The van der Waals surface area contributed by atoms with Crippen LogP contribution >= 0.6 is 0 Å². The first-order chi connectivity index (χ1) is 5.04. The van der Waals surface area contributed by atoms with E-state index < -0.39 is 10.1 Å². The van der Waals surface area contributed by atoms with Crippen molar-refractivity contribution in [3.63, 3.8) is 0 Å². The minimum Gasteiger partial charge on any atom is -1.00 e. The van der Waals surface area contributed by atoms with E-state index in [0.29, 0.717) is 0 Å². The molecule has 0 aliphatic rings. The summed E-state index contributed by atoms with van der Waals surface area (Å²) in [7, 11) is -3.73. The third kappa shape index (κ3) is 16.7. The Balaban J connectivity index is -0.0000000720. The van der Waals surface area contributed by atoms with E-state index in [1.807, 2.05) is 6.92 Å². The maximum atomic E-state index is 10.1. The summed E-state index contributed by atoms with van der Waals surface area (Å²) in [6.45, 7) is 8.37. The van der Waals surface area contributed by atoms with Crippen molar-refractivity contribution in [3.8, 4) is 0 Å². The topological polar surface area (TPSA) is 63.6 Å². The Hall–Kier alpha value is 0.350. The van der Waals surface area contributed by atoms with E-state index in [4.69, 9.17) is 5.26 Å². The minimum absolute atomic E-state index is 0. The maximum absolute atomic E-state index is 10.1. The Bertz CT molecular complexity index is 203. The average molecular weight is 204 g/mol. The van der Waals surface area contributed by atoms with Crippen LogP contribution < -0.4 is 29.6 Å². The van der Waals surface area contributed by atoms with Crippen LogP contribution in [0, 0.1) is 0 Å². The molecule has 0 spiro atoms. The zero-order valence-corrected chi connectivity index (χ0v) is 10.2. The van der Waals surface area contributed by atoms with Gasteiger partial charge in [0.15, 0.2) is 0 Å². The molecule has 0 aromatic rings. The molecule has 0 aliphatic heterocycles. The zero-order chi connectivity index (χ0) is 9.33. The van der Waals surface area contributed by atoms with Gasteiger partial charge in [-0.3, -0.25) is 0 Å². The van der Waals surface area contributed by atoms with Crippen LogP contribution in [0.5, 0.6) is 0 Å². The second-order valence-corrected chi connectivity index (χ2v) is 3.09. The van der Waals surface area contributed by atoms with Crippen molar-refractivity contribution in [2.45, 2.75) is 6.92 Å². The Kier molecular flexibility index (Phi) is 17.2. The largest absolute Gasteiger partial charge is 1.00 e. The molecule has 0 amide bonds. The summed E-state index contributed by atoms with van der Waals surface area (Å²) in [5, 5.41) is 7.59. The summed E-state index contributed by atoms with van der Waals surface area (Å²) in [4.78, 5) is 0. The normalized spacial score (nSPS) is 8.50. The SMILES string of the molecule is C=CC.C=CCS(=O)(=O)OO.[H-].[Na+]. The summed E-state index contributed by atoms with van der Waals surface area (Å²) in [6, 6.07) is 0. The van der Waals surface area contributed by atoms with Gasteiger partial charge in [-0.15, -0.1) is 17.5 Å². The number of hydrogen-bond acceptors (Lipinski definition) is 4. The first kappa shape index (κ1) is 18.2. The van der Waals surface area contributed by atoms with Crippen molar-refractivity contribution in [3.05, 3.63) is 25.3 Å². The molecule has 1 N–H and O–H groups in total. The summed E-state index contributed by atoms with van der Waals surface area (Å²) in [5.74, 6) is -0.372. The van der Waals surface area contributed by atoms with Crippen LogP contribution in [-0.4, -0.2) is 19.4 Å². The Morgan fingerprint density at radius 1 is 1.58 bits per heavy atom. The van der Waals surface area contributed by atoms with Crippen molar-refractivity contribution >= 4 is 10.1 Å². The predicted octanol–water partition coefficient (Wildman–Crippen LogP) is -1.70. The van der Waals surface area contributed by atoms with E-state index >= 15 is 0 Å². The molecule has 0 bridgehead atoms. The molecule has 0 aromatic carbocycles. The van der Waals surface area contributed by atoms with Gasteiger partial charge >= 0.3 is 29.6 Å². The van der Waals surface area contributed by atoms with Crippen LogP contribution in [0.1, 0.15) is 8.35 Å². The summed E-state index contributed by atoms with van der Waals surface area (Å²) >= 11 is 0. The fraction of sp³-hybridized carbons (Fsp3) is 0.333. The molecule has 0 heterocycles. The molecule has 0 radical (unpaired) electrons. The smallest absolute Gasteiger partial charge is 1.00 e. The molecule has 0 atom stereocenters. The van der Waals surface area contributed by atoms with Gasteiger partial charge in [0.25, 0.3) is 10.1 Å². The Labute approximate surface area is 96.8 Å².